The molecule has 3 heterocycles. The summed E-state index contributed by atoms with van der Waals surface area (Å²) >= 11 is 0. The molecule has 4 nitrogen and oxygen atoms in total. The minimum atomic E-state index is -0.859. The quantitative estimate of drug-likeness (QED) is 0.666. The Morgan fingerprint density at radius 3 is 2.78 bits per heavy atom. The summed E-state index contributed by atoms with van der Waals surface area (Å²) in [6, 6.07) is 9.90. The van der Waals surface area contributed by atoms with Gasteiger partial charge in [-0.2, -0.15) is 0 Å². The lowest BCUT2D eigenvalue weighted by Gasteiger charge is -2.23. The summed E-state index contributed by atoms with van der Waals surface area (Å²) in [6.07, 6.45) is 10.2. The average Bonchev–Trinajstić information content (AvgIpc) is 2.90. The molecular formula is C23H24N2O2. The molecule has 1 aliphatic carbocycles. The molecule has 0 unspecified atom stereocenters. The van der Waals surface area contributed by atoms with Crippen molar-refractivity contribution in [2.24, 2.45) is 0 Å². The number of benzene rings is 1. The molecule has 1 aromatic carbocycles. The van der Waals surface area contributed by atoms with Crippen LogP contribution in [-0.2, 0) is 13.0 Å². The maximum absolute atomic E-state index is 11.6. The van der Waals surface area contributed by atoms with Crippen LogP contribution in [0, 0.1) is 0 Å². The van der Waals surface area contributed by atoms with Crippen molar-refractivity contribution in [1.82, 2.24) is 9.55 Å². The van der Waals surface area contributed by atoms with E-state index in [0.29, 0.717) is 11.5 Å². The molecule has 27 heavy (non-hydrogen) atoms. The van der Waals surface area contributed by atoms with Crippen LogP contribution in [0.25, 0.3) is 22.2 Å². The first-order chi connectivity index (χ1) is 13.2. The highest BCUT2D eigenvalue weighted by Gasteiger charge is 2.29. The summed E-state index contributed by atoms with van der Waals surface area (Å²) in [7, 11) is 0. The molecule has 0 amide bonds. The van der Waals surface area contributed by atoms with Crippen LogP contribution in [-0.4, -0.2) is 20.6 Å². The minimum absolute atomic E-state index is 0.369. The van der Waals surface area contributed by atoms with Crippen LogP contribution in [0.2, 0.25) is 0 Å². The van der Waals surface area contributed by atoms with Crippen LogP contribution < -0.4 is 0 Å². The first-order valence-corrected chi connectivity index (χ1v) is 10.1. The summed E-state index contributed by atoms with van der Waals surface area (Å²) in [5.41, 5.74) is 6.58. The number of fused-ring (bicyclic) bond motifs is 5. The third kappa shape index (κ3) is 2.66. The van der Waals surface area contributed by atoms with Crippen molar-refractivity contribution in [2.75, 3.05) is 0 Å². The van der Waals surface area contributed by atoms with Gasteiger partial charge in [0.05, 0.1) is 11.3 Å². The third-order valence-corrected chi connectivity index (χ3v) is 6.30. The number of carboxylic acid groups (broad SMARTS) is 1. The SMILES string of the molecule is O=C(O)c1ccc2c(C3CCCCC3)c3n(c2c1)CCCc1ncccc1-3. The monoisotopic (exact) mass is 360 g/mol. The number of carboxylic acids is 1. The van der Waals surface area contributed by atoms with E-state index in [1.807, 2.05) is 24.4 Å². The summed E-state index contributed by atoms with van der Waals surface area (Å²) in [5.74, 6) is -0.304. The van der Waals surface area contributed by atoms with Gasteiger partial charge in [-0.3, -0.25) is 4.98 Å². The van der Waals surface area contributed by atoms with E-state index < -0.39 is 5.97 Å². The van der Waals surface area contributed by atoms with Gasteiger partial charge in [-0.1, -0.05) is 25.3 Å². The zero-order valence-electron chi connectivity index (χ0n) is 15.4. The molecule has 5 rings (SSSR count). The average molecular weight is 360 g/mol. The second kappa shape index (κ2) is 6.52. The fourth-order valence-electron chi connectivity index (χ4n) is 5.09. The Labute approximate surface area is 158 Å². The van der Waals surface area contributed by atoms with Crippen molar-refractivity contribution in [3.63, 3.8) is 0 Å². The Hall–Kier alpha value is -2.62. The Morgan fingerprint density at radius 2 is 1.96 bits per heavy atom. The zero-order valence-corrected chi connectivity index (χ0v) is 15.4. The first kappa shape index (κ1) is 16.5. The van der Waals surface area contributed by atoms with Gasteiger partial charge in [0.25, 0.3) is 0 Å². The smallest absolute Gasteiger partial charge is 0.335 e. The molecule has 1 saturated carbocycles. The fourth-order valence-corrected chi connectivity index (χ4v) is 5.09. The van der Waals surface area contributed by atoms with Crippen LogP contribution in [0.5, 0.6) is 0 Å². The minimum Gasteiger partial charge on any atom is -0.478 e. The number of aromatic carboxylic acids is 1. The molecular weight excluding hydrogens is 336 g/mol. The van der Waals surface area contributed by atoms with E-state index in [-0.39, 0.29) is 0 Å². The molecule has 1 N–H and O–H groups in total. The zero-order chi connectivity index (χ0) is 18.4. The molecule has 2 aliphatic rings. The number of pyridine rings is 1. The molecule has 4 heteroatoms. The number of aryl methyl sites for hydroxylation is 2. The van der Waals surface area contributed by atoms with Crippen molar-refractivity contribution in [3.05, 3.63) is 53.3 Å². The number of aromatic nitrogens is 2. The van der Waals surface area contributed by atoms with Gasteiger partial charge < -0.3 is 9.67 Å². The van der Waals surface area contributed by atoms with E-state index in [1.165, 1.54) is 60.0 Å². The van der Waals surface area contributed by atoms with Crippen molar-refractivity contribution in [1.29, 1.82) is 0 Å². The standard InChI is InChI=1S/C23H24N2O2/c26-23(27)16-10-11-18-20(14-16)25-13-5-9-19-17(8-4-12-24-19)22(25)21(18)15-6-2-1-3-7-15/h4,8,10-12,14-15H,1-3,5-7,9,13H2,(H,26,27). The van der Waals surface area contributed by atoms with Gasteiger partial charge in [0.2, 0.25) is 0 Å². The van der Waals surface area contributed by atoms with Crippen molar-refractivity contribution >= 4 is 16.9 Å². The highest BCUT2D eigenvalue weighted by molar-refractivity contribution is 5.98. The summed E-state index contributed by atoms with van der Waals surface area (Å²) in [6.45, 7) is 0.915. The van der Waals surface area contributed by atoms with Gasteiger partial charge in [-0.25, -0.2) is 4.79 Å². The lowest BCUT2D eigenvalue weighted by Crippen LogP contribution is -2.07. The van der Waals surface area contributed by atoms with Crippen molar-refractivity contribution < 1.29 is 9.90 Å². The summed E-state index contributed by atoms with van der Waals surface area (Å²) < 4.78 is 2.37. The molecule has 1 fully saturated rings. The molecule has 1 aliphatic heterocycles. The van der Waals surface area contributed by atoms with Crippen LogP contribution in [0.4, 0.5) is 0 Å². The number of nitrogens with zero attached hydrogens (tertiary/aromatic N) is 2. The van der Waals surface area contributed by atoms with E-state index in [4.69, 9.17) is 0 Å². The molecule has 0 radical (unpaired) electrons. The van der Waals surface area contributed by atoms with Crippen LogP contribution in [0.15, 0.2) is 36.5 Å². The first-order valence-electron chi connectivity index (χ1n) is 10.1. The molecule has 0 bridgehead atoms. The largest absolute Gasteiger partial charge is 0.478 e. The van der Waals surface area contributed by atoms with E-state index in [0.717, 1.165) is 24.9 Å². The van der Waals surface area contributed by atoms with E-state index in [2.05, 4.69) is 15.6 Å². The van der Waals surface area contributed by atoms with E-state index in [9.17, 15) is 9.90 Å². The number of hydrogen-bond acceptors (Lipinski definition) is 2. The second-order valence-electron chi connectivity index (χ2n) is 7.89. The number of carbonyl (C=O) groups is 1. The Balaban J connectivity index is 1.84. The van der Waals surface area contributed by atoms with Crippen LogP contribution >= 0.6 is 0 Å². The van der Waals surface area contributed by atoms with Crippen molar-refractivity contribution in [3.8, 4) is 11.3 Å². The van der Waals surface area contributed by atoms with Crippen LogP contribution in [0.1, 0.15) is 66.1 Å². The van der Waals surface area contributed by atoms with E-state index in [1.54, 1.807) is 6.07 Å². The molecule has 3 aromatic rings. The Morgan fingerprint density at radius 1 is 1.11 bits per heavy atom. The molecule has 0 atom stereocenters. The van der Waals surface area contributed by atoms with Gasteiger partial charge >= 0.3 is 5.97 Å². The highest BCUT2D eigenvalue weighted by atomic mass is 16.4. The molecule has 2 aromatic heterocycles. The lowest BCUT2D eigenvalue weighted by atomic mass is 9.81. The van der Waals surface area contributed by atoms with Gasteiger partial charge in [-0.15, -0.1) is 0 Å². The van der Waals surface area contributed by atoms with Gasteiger partial charge in [0.1, 0.15) is 0 Å². The predicted octanol–water partition coefficient (Wildman–Crippen LogP) is 5.40. The maximum Gasteiger partial charge on any atom is 0.335 e. The topological polar surface area (TPSA) is 55.1 Å². The fraction of sp³-hybridized carbons (Fsp3) is 0.391. The van der Waals surface area contributed by atoms with Gasteiger partial charge in [-0.05, 0) is 61.4 Å². The lowest BCUT2D eigenvalue weighted by molar-refractivity contribution is 0.0697. The molecule has 0 spiro atoms. The Bertz CT molecular complexity index is 1030. The number of hydrogen-bond donors (Lipinski definition) is 1. The highest BCUT2D eigenvalue weighted by Crippen LogP contribution is 2.45. The summed E-state index contributed by atoms with van der Waals surface area (Å²) in [5, 5.41) is 10.7. The van der Waals surface area contributed by atoms with E-state index >= 15 is 0 Å². The van der Waals surface area contributed by atoms with Crippen LogP contribution in [0.3, 0.4) is 0 Å². The van der Waals surface area contributed by atoms with Gasteiger partial charge in [0.15, 0.2) is 0 Å². The Kier molecular flexibility index (Phi) is 4.00. The maximum atomic E-state index is 11.6. The predicted molar refractivity (Wildman–Crippen MR) is 106 cm³/mol. The molecule has 138 valence electrons. The van der Waals surface area contributed by atoms with Gasteiger partial charge in [0, 0.05) is 34.9 Å². The third-order valence-electron chi connectivity index (χ3n) is 6.30. The molecule has 0 saturated heterocycles. The second-order valence-corrected chi connectivity index (χ2v) is 7.89. The normalized spacial score (nSPS) is 17.3. The van der Waals surface area contributed by atoms with Crippen molar-refractivity contribution in [2.45, 2.75) is 57.4 Å². The number of rotatable bonds is 2. The summed E-state index contributed by atoms with van der Waals surface area (Å²) in [4.78, 5) is 16.2.